The molecule has 1 aliphatic rings. The number of hydrogen-bond acceptors (Lipinski definition) is 7. The number of ether oxygens (including phenoxy) is 4. The molecular formula is C22H25NO7. The highest BCUT2D eigenvalue weighted by atomic mass is 16.5. The van der Waals surface area contributed by atoms with E-state index in [4.69, 9.17) is 18.9 Å². The summed E-state index contributed by atoms with van der Waals surface area (Å²) in [5.41, 5.74) is 0.817. The van der Waals surface area contributed by atoms with Crippen LogP contribution in [0.3, 0.4) is 0 Å². The van der Waals surface area contributed by atoms with Gasteiger partial charge in [-0.3, -0.25) is 4.79 Å². The van der Waals surface area contributed by atoms with Gasteiger partial charge in [-0.15, -0.1) is 0 Å². The Hall–Kier alpha value is -3.42. The smallest absolute Gasteiger partial charge is 0.342 e. The third-order valence-corrected chi connectivity index (χ3v) is 5.12. The summed E-state index contributed by atoms with van der Waals surface area (Å²) in [6.07, 6.45) is 1.59. The van der Waals surface area contributed by atoms with Gasteiger partial charge >= 0.3 is 5.97 Å². The summed E-state index contributed by atoms with van der Waals surface area (Å²) in [4.78, 5) is 26.8. The zero-order chi connectivity index (χ0) is 21.7. The predicted molar refractivity (Wildman–Crippen MR) is 108 cm³/mol. The maximum atomic E-state index is 12.8. The molecule has 8 heteroatoms. The molecule has 0 spiro atoms. The highest BCUT2D eigenvalue weighted by Gasteiger charge is 2.32. The van der Waals surface area contributed by atoms with E-state index in [0.717, 1.165) is 18.4 Å². The summed E-state index contributed by atoms with van der Waals surface area (Å²) < 4.78 is 20.9. The van der Waals surface area contributed by atoms with Crippen LogP contribution in [0, 0.1) is 0 Å². The number of hydrogen-bond donors (Lipinski definition) is 1. The molecule has 1 amide bonds. The van der Waals surface area contributed by atoms with Crippen LogP contribution in [-0.2, 0) is 9.53 Å². The molecule has 3 rings (SSSR count). The number of rotatable bonds is 7. The number of amides is 1. The summed E-state index contributed by atoms with van der Waals surface area (Å²) in [6.45, 7) is 0.127. The van der Waals surface area contributed by atoms with Crippen LogP contribution in [0.25, 0.3) is 0 Å². The Labute approximate surface area is 174 Å². The van der Waals surface area contributed by atoms with Gasteiger partial charge in [0.1, 0.15) is 28.6 Å². The van der Waals surface area contributed by atoms with Crippen LogP contribution in [0.4, 0.5) is 0 Å². The molecule has 30 heavy (non-hydrogen) atoms. The fourth-order valence-corrected chi connectivity index (χ4v) is 3.59. The molecule has 0 bridgehead atoms. The topological polar surface area (TPSA) is 94.5 Å². The van der Waals surface area contributed by atoms with Gasteiger partial charge in [0.15, 0.2) is 6.61 Å². The van der Waals surface area contributed by atoms with E-state index in [-0.39, 0.29) is 23.3 Å². The molecule has 1 heterocycles. The Morgan fingerprint density at radius 1 is 1.03 bits per heavy atom. The number of phenolic OH excluding ortho intramolecular Hbond substituents is 1. The van der Waals surface area contributed by atoms with Crippen molar-refractivity contribution in [2.45, 2.75) is 18.9 Å². The number of esters is 1. The van der Waals surface area contributed by atoms with Crippen molar-refractivity contribution in [2.24, 2.45) is 0 Å². The van der Waals surface area contributed by atoms with Gasteiger partial charge in [0.2, 0.25) is 0 Å². The summed E-state index contributed by atoms with van der Waals surface area (Å²) >= 11 is 0. The van der Waals surface area contributed by atoms with Crippen LogP contribution < -0.4 is 14.2 Å². The first-order valence-electron chi connectivity index (χ1n) is 9.54. The van der Waals surface area contributed by atoms with Gasteiger partial charge in [0, 0.05) is 18.2 Å². The minimum Gasteiger partial charge on any atom is -0.507 e. The zero-order valence-corrected chi connectivity index (χ0v) is 17.2. The molecule has 0 saturated carbocycles. The van der Waals surface area contributed by atoms with Gasteiger partial charge in [-0.2, -0.15) is 0 Å². The number of benzene rings is 2. The van der Waals surface area contributed by atoms with E-state index in [2.05, 4.69) is 0 Å². The van der Waals surface area contributed by atoms with Crippen molar-refractivity contribution in [3.8, 4) is 23.0 Å². The molecule has 0 unspecified atom stereocenters. The Balaban J connectivity index is 1.70. The van der Waals surface area contributed by atoms with Gasteiger partial charge in [0.25, 0.3) is 5.91 Å². The second-order valence-corrected chi connectivity index (χ2v) is 6.81. The first-order chi connectivity index (χ1) is 14.5. The number of likely N-dealkylation sites (tertiary alicyclic amines) is 1. The molecule has 2 aromatic rings. The highest BCUT2D eigenvalue weighted by Crippen LogP contribution is 2.39. The minimum absolute atomic E-state index is 0.0314. The second kappa shape index (κ2) is 9.39. The first-order valence-corrected chi connectivity index (χ1v) is 9.54. The fourth-order valence-electron chi connectivity index (χ4n) is 3.59. The normalized spacial score (nSPS) is 15.6. The summed E-state index contributed by atoms with van der Waals surface area (Å²) in [7, 11) is 4.61. The second-order valence-electron chi connectivity index (χ2n) is 6.81. The number of nitrogens with zero attached hydrogens (tertiary/aromatic N) is 1. The van der Waals surface area contributed by atoms with Gasteiger partial charge in [-0.05, 0) is 43.2 Å². The fraction of sp³-hybridized carbons (Fsp3) is 0.364. The molecular weight excluding hydrogens is 390 g/mol. The van der Waals surface area contributed by atoms with E-state index in [0.29, 0.717) is 23.8 Å². The van der Waals surface area contributed by atoms with E-state index >= 15 is 0 Å². The molecule has 1 N–H and O–H groups in total. The largest absolute Gasteiger partial charge is 0.507 e. The summed E-state index contributed by atoms with van der Waals surface area (Å²) in [5.74, 6) is 0.383. The van der Waals surface area contributed by atoms with Gasteiger partial charge in [-0.1, -0.05) is 0 Å². The van der Waals surface area contributed by atoms with Crippen LogP contribution in [0.5, 0.6) is 23.0 Å². The van der Waals surface area contributed by atoms with E-state index in [9.17, 15) is 14.7 Å². The lowest BCUT2D eigenvalue weighted by molar-refractivity contribution is -0.135. The van der Waals surface area contributed by atoms with Crippen molar-refractivity contribution in [2.75, 3.05) is 34.5 Å². The molecule has 0 radical (unpaired) electrons. The number of aromatic hydroxyl groups is 1. The highest BCUT2D eigenvalue weighted by molar-refractivity contribution is 5.94. The number of phenols is 1. The van der Waals surface area contributed by atoms with Crippen molar-refractivity contribution in [3.63, 3.8) is 0 Å². The van der Waals surface area contributed by atoms with E-state index in [1.54, 1.807) is 25.2 Å². The third-order valence-electron chi connectivity index (χ3n) is 5.12. The maximum Gasteiger partial charge on any atom is 0.342 e. The summed E-state index contributed by atoms with van der Waals surface area (Å²) in [6, 6.07) is 9.50. The molecule has 2 aromatic carbocycles. The van der Waals surface area contributed by atoms with E-state index < -0.39 is 12.6 Å². The standard InChI is InChI=1S/C22H25NO7/c1-27-14-7-9-20(29-3)17(11-14)18-5-4-10-23(18)21(25)13-30-22(26)16-8-6-15(28-2)12-19(16)24/h6-9,11-12,18,24H,4-5,10,13H2,1-3H3/t18-/m0/s1. The molecule has 160 valence electrons. The Bertz CT molecular complexity index is 928. The maximum absolute atomic E-state index is 12.8. The predicted octanol–water partition coefficient (Wildman–Crippen LogP) is 2.94. The van der Waals surface area contributed by atoms with Crippen LogP contribution in [-0.4, -0.2) is 56.4 Å². The quantitative estimate of drug-likeness (QED) is 0.695. The molecule has 0 aliphatic carbocycles. The molecule has 1 fully saturated rings. The average molecular weight is 415 g/mol. The molecule has 1 atom stereocenters. The Morgan fingerprint density at radius 2 is 1.73 bits per heavy atom. The molecule has 0 aromatic heterocycles. The molecule has 8 nitrogen and oxygen atoms in total. The summed E-state index contributed by atoms with van der Waals surface area (Å²) in [5, 5.41) is 9.97. The lowest BCUT2D eigenvalue weighted by Crippen LogP contribution is -2.34. The van der Waals surface area contributed by atoms with E-state index in [1.165, 1.54) is 25.3 Å². The van der Waals surface area contributed by atoms with Crippen molar-refractivity contribution >= 4 is 11.9 Å². The van der Waals surface area contributed by atoms with Crippen LogP contribution in [0.2, 0.25) is 0 Å². The average Bonchev–Trinajstić information content (AvgIpc) is 3.26. The van der Waals surface area contributed by atoms with Crippen LogP contribution in [0.15, 0.2) is 36.4 Å². The number of methoxy groups -OCH3 is 3. The van der Waals surface area contributed by atoms with Crippen LogP contribution in [0.1, 0.15) is 34.8 Å². The first kappa shape index (κ1) is 21.3. The molecule has 1 saturated heterocycles. The van der Waals surface area contributed by atoms with Crippen molar-refractivity contribution < 1.29 is 33.6 Å². The Morgan fingerprint density at radius 3 is 2.40 bits per heavy atom. The van der Waals surface area contributed by atoms with Gasteiger partial charge < -0.3 is 29.0 Å². The molecule has 1 aliphatic heterocycles. The van der Waals surface area contributed by atoms with Gasteiger partial charge in [-0.25, -0.2) is 4.79 Å². The third kappa shape index (κ3) is 4.42. The number of carbonyl (C=O) groups is 2. The monoisotopic (exact) mass is 415 g/mol. The Kier molecular flexibility index (Phi) is 6.66. The SMILES string of the molecule is COc1ccc(C(=O)OCC(=O)N2CCC[C@H]2c2cc(OC)ccc2OC)c(O)c1. The van der Waals surface area contributed by atoms with Crippen molar-refractivity contribution in [1.29, 1.82) is 0 Å². The van der Waals surface area contributed by atoms with Gasteiger partial charge in [0.05, 0.1) is 27.4 Å². The minimum atomic E-state index is -0.779. The van der Waals surface area contributed by atoms with Crippen molar-refractivity contribution in [1.82, 2.24) is 4.90 Å². The van der Waals surface area contributed by atoms with Crippen LogP contribution >= 0.6 is 0 Å². The lowest BCUT2D eigenvalue weighted by atomic mass is 10.0. The zero-order valence-electron chi connectivity index (χ0n) is 17.2. The number of carbonyl (C=O) groups excluding carboxylic acids is 2. The lowest BCUT2D eigenvalue weighted by Gasteiger charge is -2.26. The van der Waals surface area contributed by atoms with Crippen molar-refractivity contribution in [3.05, 3.63) is 47.5 Å². The van der Waals surface area contributed by atoms with E-state index in [1.807, 2.05) is 12.1 Å².